The predicted molar refractivity (Wildman–Crippen MR) is 59.3 cm³/mol. The van der Waals surface area contributed by atoms with Crippen LogP contribution in [0.4, 0.5) is 0 Å². The molecule has 1 saturated carbocycles. The number of halogens is 1. The summed E-state index contributed by atoms with van der Waals surface area (Å²) in [7, 11) is 1.87. The summed E-state index contributed by atoms with van der Waals surface area (Å²) in [5.74, 6) is 0.111. The Balaban J connectivity index is 2.21. The first kappa shape index (κ1) is 9.71. The first-order valence-corrected chi connectivity index (χ1v) is 5.51. The molecule has 0 radical (unpaired) electrons. The SMILES string of the molecule is CN(C(=O)c1ccccc1Br)C1CC1. The Bertz CT molecular complexity index is 360. The van der Waals surface area contributed by atoms with Gasteiger partial charge < -0.3 is 4.90 Å². The lowest BCUT2D eigenvalue weighted by Gasteiger charge is -2.16. The minimum Gasteiger partial charge on any atom is -0.339 e. The van der Waals surface area contributed by atoms with Gasteiger partial charge in [0, 0.05) is 17.6 Å². The van der Waals surface area contributed by atoms with Crippen molar-refractivity contribution in [2.24, 2.45) is 0 Å². The topological polar surface area (TPSA) is 20.3 Å². The van der Waals surface area contributed by atoms with Gasteiger partial charge in [0.05, 0.1) is 5.56 Å². The van der Waals surface area contributed by atoms with Crippen LogP contribution in [-0.2, 0) is 0 Å². The van der Waals surface area contributed by atoms with E-state index in [1.54, 1.807) is 0 Å². The molecule has 14 heavy (non-hydrogen) atoms. The number of nitrogens with zero attached hydrogens (tertiary/aromatic N) is 1. The monoisotopic (exact) mass is 253 g/mol. The molecule has 0 spiro atoms. The fraction of sp³-hybridized carbons (Fsp3) is 0.364. The van der Waals surface area contributed by atoms with Gasteiger partial charge in [-0.3, -0.25) is 4.79 Å². The van der Waals surface area contributed by atoms with Gasteiger partial charge in [-0.15, -0.1) is 0 Å². The molecule has 0 saturated heterocycles. The quantitative estimate of drug-likeness (QED) is 0.794. The molecule has 0 aliphatic heterocycles. The van der Waals surface area contributed by atoms with Gasteiger partial charge in [-0.1, -0.05) is 12.1 Å². The second-order valence-electron chi connectivity index (χ2n) is 3.63. The van der Waals surface area contributed by atoms with Crippen molar-refractivity contribution in [2.75, 3.05) is 7.05 Å². The Kier molecular flexibility index (Phi) is 2.59. The van der Waals surface area contributed by atoms with Crippen LogP contribution in [0, 0.1) is 0 Å². The lowest BCUT2D eigenvalue weighted by atomic mass is 10.2. The van der Waals surface area contributed by atoms with Crippen LogP contribution in [0.2, 0.25) is 0 Å². The largest absolute Gasteiger partial charge is 0.339 e. The summed E-state index contributed by atoms with van der Waals surface area (Å²) in [5.41, 5.74) is 0.752. The fourth-order valence-corrected chi connectivity index (χ4v) is 1.91. The van der Waals surface area contributed by atoms with Crippen molar-refractivity contribution in [3.05, 3.63) is 34.3 Å². The van der Waals surface area contributed by atoms with Crippen LogP contribution in [0.15, 0.2) is 28.7 Å². The van der Waals surface area contributed by atoms with Crippen molar-refractivity contribution in [3.63, 3.8) is 0 Å². The van der Waals surface area contributed by atoms with Gasteiger partial charge in [0.2, 0.25) is 0 Å². The summed E-state index contributed by atoms with van der Waals surface area (Å²) in [6.45, 7) is 0. The van der Waals surface area contributed by atoms with E-state index in [2.05, 4.69) is 15.9 Å². The van der Waals surface area contributed by atoms with Crippen molar-refractivity contribution in [1.29, 1.82) is 0 Å². The van der Waals surface area contributed by atoms with E-state index in [0.29, 0.717) is 6.04 Å². The molecule has 1 aromatic carbocycles. The standard InChI is InChI=1S/C11H12BrNO/c1-13(8-6-7-8)11(14)9-4-2-3-5-10(9)12/h2-5,8H,6-7H2,1H3. The van der Waals surface area contributed by atoms with Crippen LogP contribution in [-0.4, -0.2) is 23.9 Å². The van der Waals surface area contributed by atoms with Crippen LogP contribution in [0.3, 0.4) is 0 Å². The molecule has 1 amide bonds. The number of benzene rings is 1. The molecule has 0 bridgehead atoms. The Morgan fingerprint density at radius 3 is 2.64 bits per heavy atom. The molecule has 0 N–H and O–H groups in total. The van der Waals surface area contributed by atoms with E-state index in [1.165, 1.54) is 0 Å². The van der Waals surface area contributed by atoms with Crippen molar-refractivity contribution in [3.8, 4) is 0 Å². The summed E-state index contributed by atoms with van der Waals surface area (Å²) in [6, 6.07) is 8.02. The molecule has 1 aliphatic rings. The Morgan fingerprint density at radius 1 is 1.43 bits per heavy atom. The second kappa shape index (κ2) is 3.73. The lowest BCUT2D eigenvalue weighted by molar-refractivity contribution is 0.0784. The maximum Gasteiger partial charge on any atom is 0.254 e. The molecule has 2 nitrogen and oxygen atoms in total. The fourth-order valence-electron chi connectivity index (χ4n) is 1.45. The van der Waals surface area contributed by atoms with Crippen molar-refractivity contribution in [2.45, 2.75) is 18.9 Å². The third-order valence-corrected chi connectivity index (χ3v) is 3.21. The maximum absolute atomic E-state index is 11.9. The average molecular weight is 254 g/mol. The highest BCUT2D eigenvalue weighted by atomic mass is 79.9. The number of carbonyl (C=O) groups is 1. The number of hydrogen-bond donors (Lipinski definition) is 0. The van der Waals surface area contributed by atoms with Crippen LogP contribution in [0.5, 0.6) is 0 Å². The number of rotatable bonds is 2. The highest BCUT2D eigenvalue weighted by Crippen LogP contribution is 2.28. The molecule has 0 aromatic heterocycles. The van der Waals surface area contributed by atoms with Crippen LogP contribution in [0.1, 0.15) is 23.2 Å². The summed E-state index contributed by atoms with van der Waals surface area (Å²) in [4.78, 5) is 13.8. The molecule has 1 aliphatic carbocycles. The first-order chi connectivity index (χ1) is 6.70. The molecule has 2 rings (SSSR count). The zero-order valence-electron chi connectivity index (χ0n) is 8.03. The highest BCUT2D eigenvalue weighted by molar-refractivity contribution is 9.10. The third kappa shape index (κ3) is 1.82. The van der Waals surface area contributed by atoms with Gasteiger partial charge in [0.25, 0.3) is 5.91 Å². The van der Waals surface area contributed by atoms with E-state index in [4.69, 9.17) is 0 Å². The zero-order valence-corrected chi connectivity index (χ0v) is 9.62. The van der Waals surface area contributed by atoms with Gasteiger partial charge in [0.15, 0.2) is 0 Å². The Morgan fingerprint density at radius 2 is 2.07 bits per heavy atom. The Hall–Kier alpha value is -0.830. The van der Waals surface area contributed by atoms with Crippen LogP contribution in [0.25, 0.3) is 0 Å². The highest BCUT2D eigenvalue weighted by Gasteiger charge is 2.30. The molecular formula is C11H12BrNO. The number of carbonyl (C=O) groups excluding carboxylic acids is 1. The summed E-state index contributed by atoms with van der Waals surface area (Å²) >= 11 is 3.39. The zero-order chi connectivity index (χ0) is 10.1. The molecule has 1 fully saturated rings. The van der Waals surface area contributed by atoms with Gasteiger partial charge in [-0.05, 0) is 40.9 Å². The van der Waals surface area contributed by atoms with E-state index in [1.807, 2.05) is 36.2 Å². The van der Waals surface area contributed by atoms with Gasteiger partial charge in [-0.25, -0.2) is 0 Å². The molecule has 3 heteroatoms. The van der Waals surface area contributed by atoms with E-state index in [0.717, 1.165) is 22.9 Å². The molecular weight excluding hydrogens is 242 g/mol. The Labute approximate surface area is 92.0 Å². The van der Waals surface area contributed by atoms with Crippen LogP contribution < -0.4 is 0 Å². The van der Waals surface area contributed by atoms with Crippen molar-refractivity contribution >= 4 is 21.8 Å². The lowest BCUT2D eigenvalue weighted by Crippen LogP contribution is -2.28. The molecule has 74 valence electrons. The minimum atomic E-state index is 0.111. The normalized spacial score (nSPS) is 15.3. The molecule has 1 aromatic rings. The van der Waals surface area contributed by atoms with Crippen molar-refractivity contribution in [1.82, 2.24) is 4.90 Å². The van der Waals surface area contributed by atoms with Gasteiger partial charge in [0.1, 0.15) is 0 Å². The summed E-state index contributed by atoms with van der Waals surface area (Å²) in [5, 5.41) is 0. The van der Waals surface area contributed by atoms with Crippen molar-refractivity contribution < 1.29 is 4.79 Å². The third-order valence-electron chi connectivity index (χ3n) is 2.52. The van der Waals surface area contributed by atoms with E-state index in [-0.39, 0.29) is 5.91 Å². The maximum atomic E-state index is 11.9. The first-order valence-electron chi connectivity index (χ1n) is 4.72. The smallest absolute Gasteiger partial charge is 0.254 e. The predicted octanol–water partition coefficient (Wildman–Crippen LogP) is 2.68. The van der Waals surface area contributed by atoms with E-state index < -0.39 is 0 Å². The van der Waals surface area contributed by atoms with E-state index >= 15 is 0 Å². The van der Waals surface area contributed by atoms with E-state index in [9.17, 15) is 4.79 Å². The summed E-state index contributed by atoms with van der Waals surface area (Å²) < 4.78 is 0.873. The summed E-state index contributed by atoms with van der Waals surface area (Å²) in [6.07, 6.45) is 2.29. The van der Waals surface area contributed by atoms with Crippen LogP contribution >= 0.6 is 15.9 Å². The number of amides is 1. The minimum absolute atomic E-state index is 0.111. The van der Waals surface area contributed by atoms with Gasteiger partial charge >= 0.3 is 0 Å². The average Bonchev–Trinajstić information content (AvgIpc) is 3.00. The van der Waals surface area contributed by atoms with Gasteiger partial charge in [-0.2, -0.15) is 0 Å². The molecule has 0 heterocycles. The number of hydrogen-bond acceptors (Lipinski definition) is 1. The molecule has 0 unspecified atom stereocenters. The second-order valence-corrected chi connectivity index (χ2v) is 4.48. The molecule has 0 atom stereocenters.